The van der Waals surface area contributed by atoms with Crippen molar-refractivity contribution in [3.8, 4) is 5.75 Å². The molecule has 0 aliphatic carbocycles. The second-order valence-electron chi connectivity index (χ2n) is 22.7. The summed E-state index contributed by atoms with van der Waals surface area (Å²) in [6.45, 7) is 7.45. The lowest BCUT2D eigenvalue weighted by atomic mass is 9.91. The molecule has 3 heterocycles. The molecule has 3 fully saturated rings. The van der Waals surface area contributed by atoms with E-state index >= 15 is 0 Å². The number of hydrogen-bond acceptors (Lipinski definition) is 19. The number of aliphatic hydroxyl groups excluding tert-OH is 8. The Morgan fingerprint density at radius 1 is 0.747 bits per heavy atom. The van der Waals surface area contributed by atoms with E-state index in [0.717, 1.165) is 50.3 Å². The number of likely N-dealkylation sites (N-methyl/N-ethyl adjacent to an activating group) is 1. The molecule has 3 saturated heterocycles. The van der Waals surface area contributed by atoms with Gasteiger partial charge in [-0.25, -0.2) is 4.79 Å². The number of benzene rings is 1. The summed E-state index contributed by atoms with van der Waals surface area (Å²) >= 11 is 0. The van der Waals surface area contributed by atoms with Gasteiger partial charge in [-0.05, 0) is 69.8 Å². The fraction of sp³-hybridized carbons (Fsp3) is 0.727. The van der Waals surface area contributed by atoms with Crippen LogP contribution in [0.15, 0.2) is 24.3 Å². The summed E-state index contributed by atoms with van der Waals surface area (Å²) in [5.41, 5.74) is 5.22. The third-order valence-electron chi connectivity index (χ3n) is 15.3. The zero-order valence-electron chi connectivity index (χ0n) is 48.4. The molecule has 1 aromatic rings. The fourth-order valence-electron chi connectivity index (χ4n) is 10.4. The molecule has 1 aromatic carbocycles. The molecule has 28 heteroatoms. The number of amides is 9. The molecule has 16 N–H and O–H groups in total. The van der Waals surface area contributed by atoms with Gasteiger partial charge in [0.25, 0.3) is 0 Å². The van der Waals surface area contributed by atoms with Gasteiger partial charge in [0.1, 0.15) is 60.3 Å². The first-order valence-electron chi connectivity index (χ1n) is 28.7. The highest BCUT2D eigenvalue weighted by molar-refractivity contribution is 5.98. The van der Waals surface area contributed by atoms with Gasteiger partial charge in [-0.3, -0.25) is 38.4 Å². The Labute approximate surface area is 483 Å². The number of fused-ring (bicyclic) bond motifs is 2. The summed E-state index contributed by atoms with van der Waals surface area (Å²) < 4.78 is 5.26. The van der Waals surface area contributed by atoms with Gasteiger partial charge in [-0.2, -0.15) is 0 Å². The van der Waals surface area contributed by atoms with E-state index in [0.29, 0.717) is 36.1 Å². The number of primary amides is 1. The Hall–Kier alpha value is -6.11. The predicted molar refractivity (Wildman–Crippen MR) is 296 cm³/mol. The Morgan fingerprint density at radius 2 is 1.36 bits per heavy atom. The van der Waals surface area contributed by atoms with E-state index < -0.39 is 171 Å². The SMILES string of the molecule is CCC(C)CC(C)CCCCCCCCC(=O)N[C@H]1C[C@@H](O)[C@@H](O)NC(=O)[C@@H]2[C@@H](O)CCN2C(=O)[C@H]([C@@H](O)CC(N)=O)NC(=O)[C@H]([C@H](O)[C@@H](O)c2ccc(OC(=O)NCCN(C)C)cc2)NC(=O)[C@@H]2C[C@@H](O)CN2C(=O)[C@H]([C@H](C)O)NC1=O. The minimum atomic E-state index is -2.42. The van der Waals surface area contributed by atoms with Gasteiger partial charge in [0.2, 0.25) is 47.3 Å². The van der Waals surface area contributed by atoms with Gasteiger partial charge in [0, 0.05) is 45.4 Å². The van der Waals surface area contributed by atoms with Crippen molar-refractivity contribution in [2.45, 2.75) is 203 Å². The highest BCUT2D eigenvalue weighted by atomic mass is 16.6. The van der Waals surface area contributed by atoms with Crippen LogP contribution in [0.5, 0.6) is 5.75 Å². The quantitative estimate of drug-likeness (QED) is 0.0449. The van der Waals surface area contributed by atoms with E-state index in [1.807, 2.05) is 4.90 Å². The Bertz CT molecular complexity index is 2330. The Kier molecular flexibility index (Phi) is 27.9. The van der Waals surface area contributed by atoms with Crippen LogP contribution in [0.25, 0.3) is 0 Å². The van der Waals surface area contributed by atoms with Crippen LogP contribution in [0.3, 0.4) is 0 Å². The third kappa shape index (κ3) is 21.2. The molecule has 0 aromatic heterocycles. The Morgan fingerprint density at radius 3 is 1.99 bits per heavy atom. The topological polar surface area (TPSA) is 433 Å². The van der Waals surface area contributed by atoms with E-state index in [4.69, 9.17) is 10.5 Å². The summed E-state index contributed by atoms with van der Waals surface area (Å²) in [5, 5.41) is 104. The number of nitrogens with one attached hydrogen (secondary N) is 6. The first-order valence-corrected chi connectivity index (χ1v) is 28.7. The molecule has 468 valence electrons. The molecule has 83 heavy (non-hydrogen) atoms. The fourth-order valence-corrected chi connectivity index (χ4v) is 10.4. The van der Waals surface area contributed by atoms with Crippen LogP contribution in [0.2, 0.25) is 0 Å². The number of nitrogens with zero attached hydrogens (tertiary/aromatic N) is 3. The standard InChI is InChI=1S/C55H90N10O18/c1-7-29(2)24-30(3)14-12-10-8-9-11-13-15-41(72)58-35-26-39(70)50(77)62-52(79)45-37(68)20-22-64(45)54(81)43(38(69)27-40(56)71)60-51(78)44(47(74)46(73)32-16-18-34(19-17-32)83-55(82)57-21-23-63(5)6)61-49(76)36-25-33(67)28-65(36)53(80)42(31(4)66)59-48(35)75/h16-19,29-31,33,35-39,42-47,50,66-70,73-74,77H,7-15,20-28H2,1-6H3,(H2,56,71)(H,57,82)(H,58,72)(H,59,75)(H,60,78)(H,61,76)(H,62,79)/t29?,30?,31-,33+,35-,36-,37-,38-,39+,42-,43-,44-,45-,46-,47-,50+/m0/s1. The molecule has 0 spiro atoms. The average molecular weight is 1180 g/mol. The first kappa shape index (κ1) is 69.4. The summed E-state index contributed by atoms with van der Waals surface area (Å²) in [7, 11) is 3.59. The van der Waals surface area contributed by atoms with Crippen LogP contribution in [0, 0.1) is 11.8 Å². The number of rotatable bonds is 24. The highest BCUT2D eigenvalue weighted by Gasteiger charge is 2.49. The molecule has 2 unspecified atom stereocenters. The molecule has 16 atom stereocenters. The molecule has 0 bridgehead atoms. The van der Waals surface area contributed by atoms with Crippen molar-refractivity contribution in [2.75, 3.05) is 40.3 Å². The molecule has 3 aliphatic heterocycles. The highest BCUT2D eigenvalue weighted by Crippen LogP contribution is 2.27. The number of unbranched alkanes of at least 4 members (excludes halogenated alkanes) is 5. The van der Waals surface area contributed by atoms with E-state index in [1.54, 1.807) is 14.1 Å². The lowest BCUT2D eigenvalue weighted by molar-refractivity contribution is -0.149. The molecule has 28 nitrogen and oxygen atoms in total. The van der Waals surface area contributed by atoms with Crippen molar-refractivity contribution in [3.05, 3.63) is 29.8 Å². The van der Waals surface area contributed by atoms with Crippen LogP contribution in [-0.4, -0.2) is 228 Å². The minimum absolute atomic E-state index is 0.0209. The van der Waals surface area contributed by atoms with E-state index in [2.05, 4.69) is 52.7 Å². The van der Waals surface area contributed by atoms with Crippen molar-refractivity contribution < 1.29 is 88.7 Å². The van der Waals surface area contributed by atoms with Crippen molar-refractivity contribution in [2.24, 2.45) is 17.6 Å². The van der Waals surface area contributed by atoms with Gasteiger partial charge < -0.3 is 97.9 Å². The van der Waals surface area contributed by atoms with Gasteiger partial charge in [0.05, 0.1) is 30.8 Å². The van der Waals surface area contributed by atoms with Crippen LogP contribution >= 0.6 is 0 Å². The molecular weight excluding hydrogens is 1090 g/mol. The number of ether oxygens (including phenoxy) is 1. The maximum absolute atomic E-state index is 14.6. The summed E-state index contributed by atoms with van der Waals surface area (Å²) in [5.74, 6) is -8.48. The summed E-state index contributed by atoms with van der Waals surface area (Å²) in [4.78, 5) is 128. The van der Waals surface area contributed by atoms with Crippen molar-refractivity contribution >= 4 is 53.4 Å². The summed E-state index contributed by atoms with van der Waals surface area (Å²) in [6.07, 6.45) is -11.4. The molecule has 4 rings (SSSR count). The average Bonchev–Trinajstić information content (AvgIpc) is 4.05. The van der Waals surface area contributed by atoms with Crippen molar-refractivity contribution in [3.63, 3.8) is 0 Å². The van der Waals surface area contributed by atoms with Crippen LogP contribution in [-0.2, 0) is 38.4 Å². The van der Waals surface area contributed by atoms with E-state index in [-0.39, 0.29) is 30.7 Å². The van der Waals surface area contributed by atoms with E-state index in [9.17, 15) is 84.0 Å². The monoisotopic (exact) mass is 1180 g/mol. The maximum Gasteiger partial charge on any atom is 0.412 e. The Balaban J connectivity index is 1.70. The normalized spacial score (nSPS) is 27.3. The number of carbonyl (C=O) groups is 9. The number of carbonyl (C=O) groups excluding carboxylic acids is 9. The lowest BCUT2D eigenvalue weighted by Gasteiger charge is -2.34. The lowest BCUT2D eigenvalue weighted by Crippen LogP contribution is -2.64. The van der Waals surface area contributed by atoms with Gasteiger partial charge in [-0.15, -0.1) is 0 Å². The van der Waals surface area contributed by atoms with Crippen molar-refractivity contribution in [1.29, 1.82) is 0 Å². The molecule has 0 radical (unpaired) electrons. The van der Waals surface area contributed by atoms with E-state index in [1.165, 1.54) is 30.7 Å². The zero-order chi connectivity index (χ0) is 61.8. The van der Waals surface area contributed by atoms with Crippen LogP contribution in [0.1, 0.15) is 129 Å². The molecule has 9 amide bonds. The van der Waals surface area contributed by atoms with Gasteiger partial charge in [0.15, 0.2) is 6.23 Å². The predicted octanol–water partition coefficient (Wildman–Crippen LogP) is -3.40. The smallest absolute Gasteiger partial charge is 0.410 e. The summed E-state index contributed by atoms with van der Waals surface area (Å²) in [6, 6.07) is -7.27. The molecule has 3 aliphatic rings. The number of aliphatic hydroxyl groups is 8. The zero-order valence-corrected chi connectivity index (χ0v) is 48.4. The molecular formula is C55H90N10O18. The largest absolute Gasteiger partial charge is 0.412 e. The van der Waals surface area contributed by atoms with Crippen LogP contribution in [0.4, 0.5) is 4.79 Å². The second kappa shape index (κ2) is 33.4. The second-order valence-corrected chi connectivity index (χ2v) is 22.7. The number of hydrogen-bond donors (Lipinski definition) is 15. The van der Waals surface area contributed by atoms with Gasteiger partial charge in [-0.1, -0.05) is 77.8 Å². The third-order valence-corrected chi connectivity index (χ3v) is 15.3. The maximum atomic E-state index is 14.6. The minimum Gasteiger partial charge on any atom is -0.410 e. The number of nitrogens with two attached hydrogens (primary N) is 1. The first-order chi connectivity index (χ1) is 39.1. The molecule has 0 saturated carbocycles. The van der Waals surface area contributed by atoms with Gasteiger partial charge >= 0.3 is 6.09 Å². The van der Waals surface area contributed by atoms with Crippen LogP contribution < -0.4 is 42.4 Å². The van der Waals surface area contributed by atoms with Crippen molar-refractivity contribution in [1.82, 2.24) is 46.6 Å².